The van der Waals surface area contributed by atoms with E-state index in [1.807, 2.05) is 11.8 Å². The van der Waals surface area contributed by atoms with Crippen LogP contribution in [0.5, 0.6) is 0 Å². The molecule has 10 nitrogen and oxygen atoms in total. The Balaban J connectivity index is 1.44. The van der Waals surface area contributed by atoms with E-state index in [4.69, 9.17) is 16.9 Å². The molecule has 0 radical (unpaired) electrons. The van der Waals surface area contributed by atoms with Crippen LogP contribution in [0.1, 0.15) is 44.9 Å². The summed E-state index contributed by atoms with van der Waals surface area (Å²) in [5.74, 6) is 0.738. The van der Waals surface area contributed by atoms with Crippen molar-refractivity contribution in [1.82, 2.24) is 21.3 Å². The summed E-state index contributed by atoms with van der Waals surface area (Å²) in [4.78, 5) is 35.3. The van der Waals surface area contributed by atoms with Gasteiger partial charge in [-0.3, -0.25) is 13.8 Å². The first-order chi connectivity index (χ1) is 15.2. The second kappa shape index (κ2) is 13.5. The van der Waals surface area contributed by atoms with Crippen LogP contribution in [-0.2, 0) is 33.7 Å². The van der Waals surface area contributed by atoms with Gasteiger partial charge in [-0.2, -0.15) is 11.8 Å². The zero-order valence-corrected chi connectivity index (χ0v) is 20.9. The zero-order valence-electron chi connectivity index (χ0n) is 18.4. The van der Waals surface area contributed by atoms with Crippen LogP contribution < -0.4 is 27.0 Å². The molecule has 2 rings (SSSR count). The van der Waals surface area contributed by atoms with E-state index in [2.05, 4.69) is 25.5 Å². The van der Waals surface area contributed by atoms with E-state index < -0.39 is 14.8 Å². The van der Waals surface area contributed by atoms with Crippen LogP contribution in [0.2, 0.25) is 0 Å². The van der Waals surface area contributed by atoms with Crippen LogP contribution >= 0.6 is 11.8 Å². The fourth-order valence-corrected chi connectivity index (χ4v) is 6.04. The largest absolute Gasteiger partial charge is 0.356 e. The van der Waals surface area contributed by atoms with Crippen molar-refractivity contribution in [3.8, 4) is 0 Å². The predicted molar refractivity (Wildman–Crippen MR) is 129 cm³/mol. The highest BCUT2D eigenvalue weighted by Gasteiger charge is 2.42. The number of unbranched alkanes of at least 4 members (excludes halogenated alkanes) is 2. The Morgan fingerprint density at radius 1 is 1.25 bits per heavy atom. The first kappa shape index (κ1) is 27.1. The molecule has 0 bridgehead atoms. The van der Waals surface area contributed by atoms with E-state index >= 15 is 0 Å². The molecular formula is C19H35N5O5S3. The lowest BCUT2D eigenvalue weighted by Crippen LogP contribution is -2.42. The monoisotopic (exact) mass is 509 g/mol. The predicted octanol–water partition coefficient (Wildman–Crippen LogP) is -0.250. The molecule has 0 aromatic heterocycles. The Bertz CT molecular complexity index is 752. The van der Waals surface area contributed by atoms with Gasteiger partial charge in [0.25, 0.3) is 0 Å². The van der Waals surface area contributed by atoms with Crippen molar-refractivity contribution in [2.75, 3.05) is 31.7 Å². The van der Waals surface area contributed by atoms with Crippen molar-refractivity contribution >= 4 is 49.6 Å². The molecule has 1 unspecified atom stereocenters. The Morgan fingerprint density at radius 2 is 2.03 bits per heavy atom. The summed E-state index contributed by atoms with van der Waals surface area (Å²) in [5.41, 5.74) is 5.86. The SMILES string of the molecule is COS(=O)(=S)CCNC(=O)[C@@H](N)CCCCNC(=O)CCCC[C@H]1SC[C@H]2NC(=O)N[C@@H]21. The maximum Gasteiger partial charge on any atom is 0.315 e. The normalized spacial score (nSPS) is 24.7. The van der Waals surface area contributed by atoms with Crippen molar-refractivity contribution in [2.24, 2.45) is 5.73 Å². The third kappa shape index (κ3) is 9.38. The van der Waals surface area contributed by atoms with Crippen molar-refractivity contribution in [1.29, 1.82) is 0 Å². The molecule has 0 aromatic rings. The number of thioether (sulfide) groups is 1. The van der Waals surface area contributed by atoms with Gasteiger partial charge < -0.3 is 27.0 Å². The van der Waals surface area contributed by atoms with E-state index in [1.165, 1.54) is 7.11 Å². The molecule has 13 heteroatoms. The molecule has 2 aliphatic rings. The van der Waals surface area contributed by atoms with Gasteiger partial charge >= 0.3 is 6.03 Å². The van der Waals surface area contributed by atoms with Gasteiger partial charge in [-0.25, -0.2) is 9.00 Å². The number of nitrogens with two attached hydrogens (primary N) is 1. The number of carbonyl (C=O) groups is 3. The van der Waals surface area contributed by atoms with Crippen molar-refractivity contribution in [2.45, 2.75) is 68.3 Å². The Hall–Kier alpha value is -1.15. The molecule has 0 aromatic carbocycles. The van der Waals surface area contributed by atoms with Crippen LogP contribution in [-0.4, -0.2) is 77.1 Å². The maximum absolute atomic E-state index is 12.0. The second-order valence-electron chi connectivity index (χ2n) is 8.04. The molecule has 0 saturated carbocycles. The third-order valence-electron chi connectivity index (χ3n) is 5.59. The highest BCUT2D eigenvalue weighted by atomic mass is 32.8. The summed E-state index contributed by atoms with van der Waals surface area (Å²) in [6.07, 6.45) is 5.23. The lowest BCUT2D eigenvalue weighted by molar-refractivity contribution is -0.123. The molecule has 2 fully saturated rings. The third-order valence-corrected chi connectivity index (χ3v) is 9.22. The second-order valence-corrected chi connectivity index (χ2v) is 12.7. The molecule has 2 aliphatic heterocycles. The average Bonchev–Trinajstić information content (AvgIpc) is 3.29. The highest BCUT2D eigenvalue weighted by Crippen LogP contribution is 2.33. The fourth-order valence-electron chi connectivity index (χ4n) is 3.72. The highest BCUT2D eigenvalue weighted by molar-refractivity contribution is 8.30. The fraction of sp³-hybridized carbons (Fsp3) is 0.842. The number of hydrogen-bond donors (Lipinski definition) is 5. The van der Waals surface area contributed by atoms with Crippen LogP contribution in [0.4, 0.5) is 4.79 Å². The van der Waals surface area contributed by atoms with Crippen LogP contribution in [0.15, 0.2) is 0 Å². The molecule has 0 spiro atoms. The van der Waals surface area contributed by atoms with Crippen molar-refractivity contribution < 1.29 is 22.8 Å². The van der Waals surface area contributed by atoms with Crippen LogP contribution in [0, 0.1) is 0 Å². The number of urea groups is 1. The molecule has 32 heavy (non-hydrogen) atoms. The molecule has 6 N–H and O–H groups in total. The van der Waals surface area contributed by atoms with Gasteiger partial charge in [0.15, 0.2) is 0 Å². The minimum atomic E-state index is -2.77. The maximum atomic E-state index is 12.0. The van der Waals surface area contributed by atoms with E-state index in [9.17, 15) is 18.6 Å². The summed E-state index contributed by atoms with van der Waals surface area (Å²) in [7, 11) is -1.49. The molecule has 5 atom stereocenters. The summed E-state index contributed by atoms with van der Waals surface area (Å²) >= 11 is 6.62. The van der Waals surface area contributed by atoms with E-state index in [0.717, 1.165) is 31.4 Å². The lowest BCUT2D eigenvalue weighted by Gasteiger charge is -2.16. The van der Waals surface area contributed by atoms with Gasteiger partial charge in [0.05, 0.1) is 31.0 Å². The quantitative estimate of drug-likeness (QED) is 0.150. The zero-order chi connectivity index (χ0) is 23.6. The molecule has 4 amide bonds. The van der Waals surface area contributed by atoms with Crippen molar-refractivity contribution in [3.63, 3.8) is 0 Å². The number of hydrogen-bond acceptors (Lipinski definition) is 8. The van der Waals surface area contributed by atoms with Gasteiger partial charge in [-0.05, 0) is 32.1 Å². The summed E-state index contributed by atoms with van der Waals surface area (Å²) in [5, 5.41) is 11.9. The van der Waals surface area contributed by atoms with Gasteiger partial charge in [0, 0.05) is 41.7 Å². The Labute approximate surface area is 199 Å². The molecular weight excluding hydrogens is 474 g/mol. The summed E-state index contributed by atoms with van der Waals surface area (Å²) in [6.45, 7) is 0.712. The number of amides is 4. The average molecular weight is 510 g/mol. The molecule has 0 aliphatic carbocycles. The first-order valence-corrected chi connectivity index (χ1v) is 14.6. The van der Waals surface area contributed by atoms with Crippen LogP contribution in [0.3, 0.4) is 0 Å². The van der Waals surface area contributed by atoms with Gasteiger partial charge in [-0.15, -0.1) is 0 Å². The van der Waals surface area contributed by atoms with E-state index in [1.54, 1.807) is 0 Å². The topological polar surface area (TPSA) is 152 Å². The summed E-state index contributed by atoms with van der Waals surface area (Å²) in [6, 6.07) is -0.275. The van der Waals surface area contributed by atoms with E-state index in [0.29, 0.717) is 31.1 Å². The number of fused-ring (bicyclic) bond motifs is 1. The number of nitrogens with one attached hydrogen (secondary N) is 4. The van der Waals surface area contributed by atoms with Gasteiger partial charge in [-0.1, -0.05) is 6.42 Å². The van der Waals surface area contributed by atoms with Gasteiger partial charge in [0.1, 0.15) is 8.77 Å². The van der Waals surface area contributed by atoms with Gasteiger partial charge in [0.2, 0.25) is 11.8 Å². The van der Waals surface area contributed by atoms with E-state index in [-0.39, 0.29) is 42.2 Å². The first-order valence-electron chi connectivity index (χ1n) is 11.0. The summed E-state index contributed by atoms with van der Waals surface area (Å²) < 4.78 is 16.2. The van der Waals surface area contributed by atoms with Crippen LogP contribution in [0.25, 0.3) is 0 Å². The lowest BCUT2D eigenvalue weighted by atomic mass is 10.0. The Morgan fingerprint density at radius 3 is 2.78 bits per heavy atom. The number of rotatable bonds is 15. The molecule has 2 saturated heterocycles. The Kier molecular flexibility index (Phi) is 11.5. The standard InChI is InChI=1S/C19H35N5O5S3/c1-29-32(28,30)11-10-22-18(26)13(20)6-4-5-9-21-16(25)8-3-2-7-15-17-14(12-31-15)23-19(27)24-17/h13-15,17H,2-12,20H2,1H3,(H,21,25)(H,22,26)(H2,23,24,27)/t13-,14+,15+,17-,32?/m0/s1. The molecule has 2 heterocycles. The number of carbonyl (C=O) groups excluding carboxylic acids is 3. The minimum Gasteiger partial charge on any atom is -0.356 e. The minimum absolute atomic E-state index is 0.0329. The smallest absolute Gasteiger partial charge is 0.315 e. The van der Waals surface area contributed by atoms with Crippen molar-refractivity contribution in [3.05, 3.63) is 0 Å². The molecule has 184 valence electrons.